The van der Waals surface area contributed by atoms with E-state index in [-0.39, 0.29) is 12.4 Å². The summed E-state index contributed by atoms with van der Waals surface area (Å²) in [5.41, 5.74) is 1.61. The monoisotopic (exact) mass is 366 g/mol. The number of piperidine rings is 1. The summed E-state index contributed by atoms with van der Waals surface area (Å²) in [5.74, 6) is 0.440. The Bertz CT molecular complexity index is 881. The second-order valence-corrected chi connectivity index (χ2v) is 7.11. The molecule has 5 nitrogen and oxygen atoms in total. The van der Waals surface area contributed by atoms with Gasteiger partial charge in [-0.15, -0.1) is 0 Å². The van der Waals surface area contributed by atoms with Crippen LogP contribution in [-0.4, -0.2) is 33.1 Å². The van der Waals surface area contributed by atoms with E-state index in [2.05, 4.69) is 51.2 Å². The maximum atomic E-state index is 15.7. The van der Waals surface area contributed by atoms with Crippen molar-refractivity contribution >= 4 is 0 Å². The third-order valence-electron chi connectivity index (χ3n) is 5.09. The SMILES string of the molecule is CCc1ccc(CN2CCCC(F)(c3nc(-c4cccnc4)no3)C2)cc1. The molecule has 0 radical (unpaired) electrons. The molecule has 3 aromatic rings. The van der Waals surface area contributed by atoms with Crippen molar-refractivity contribution in [2.45, 2.75) is 38.4 Å². The highest BCUT2D eigenvalue weighted by molar-refractivity contribution is 5.52. The maximum absolute atomic E-state index is 15.7. The Hall–Kier alpha value is -2.60. The van der Waals surface area contributed by atoms with E-state index >= 15 is 4.39 Å². The van der Waals surface area contributed by atoms with Crippen LogP contribution in [0.5, 0.6) is 0 Å². The number of benzene rings is 1. The Morgan fingerprint density at radius 1 is 1.19 bits per heavy atom. The fourth-order valence-corrected chi connectivity index (χ4v) is 3.56. The zero-order chi connectivity index (χ0) is 18.7. The standard InChI is InChI=1S/C21H23FN4O/c1-2-16-6-8-17(9-7-16)14-26-12-4-10-21(22,15-26)20-24-19(25-27-20)18-5-3-11-23-13-18/h3,5-9,11,13H,2,4,10,12,14-15H2,1H3. The number of alkyl halides is 1. The second kappa shape index (κ2) is 7.56. The fraction of sp³-hybridized carbons (Fsp3) is 0.381. The van der Waals surface area contributed by atoms with Gasteiger partial charge in [0.15, 0.2) is 0 Å². The molecule has 1 unspecified atom stereocenters. The van der Waals surface area contributed by atoms with Gasteiger partial charge in [-0.1, -0.05) is 36.3 Å². The second-order valence-electron chi connectivity index (χ2n) is 7.11. The van der Waals surface area contributed by atoms with E-state index in [0.29, 0.717) is 12.2 Å². The molecular weight excluding hydrogens is 343 g/mol. The van der Waals surface area contributed by atoms with E-state index in [1.54, 1.807) is 18.5 Å². The molecule has 6 heteroatoms. The van der Waals surface area contributed by atoms with Crippen molar-refractivity contribution in [2.24, 2.45) is 0 Å². The lowest BCUT2D eigenvalue weighted by molar-refractivity contribution is 0.0124. The average Bonchev–Trinajstić information content (AvgIpc) is 3.21. The summed E-state index contributed by atoms with van der Waals surface area (Å²) in [6, 6.07) is 12.2. The molecule has 27 heavy (non-hydrogen) atoms. The van der Waals surface area contributed by atoms with Gasteiger partial charge in [0.1, 0.15) is 0 Å². The van der Waals surface area contributed by atoms with E-state index in [0.717, 1.165) is 31.5 Å². The van der Waals surface area contributed by atoms with E-state index in [4.69, 9.17) is 4.52 Å². The number of likely N-dealkylation sites (tertiary alicyclic amines) is 1. The third-order valence-corrected chi connectivity index (χ3v) is 5.09. The summed E-state index contributed by atoms with van der Waals surface area (Å²) in [5, 5.41) is 3.95. The summed E-state index contributed by atoms with van der Waals surface area (Å²) in [6.45, 7) is 3.99. The van der Waals surface area contributed by atoms with Crippen molar-refractivity contribution in [3.8, 4) is 11.4 Å². The minimum absolute atomic E-state index is 0.0624. The van der Waals surface area contributed by atoms with Crippen LogP contribution in [0.4, 0.5) is 4.39 Å². The molecule has 140 valence electrons. The molecule has 1 aromatic carbocycles. The third kappa shape index (κ3) is 3.90. The zero-order valence-electron chi connectivity index (χ0n) is 15.4. The van der Waals surface area contributed by atoms with E-state index in [1.807, 2.05) is 6.07 Å². The van der Waals surface area contributed by atoms with Crippen molar-refractivity contribution in [3.63, 3.8) is 0 Å². The predicted molar refractivity (Wildman–Crippen MR) is 101 cm³/mol. The molecule has 0 aliphatic carbocycles. The molecule has 1 aliphatic rings. The molecule has 0 bridgehead atoms. The molecule has 1 saturated heterocycles. The Balaban J connectivity index is 1.48. The maximum Gasteiger partial charge on any atom is 0.265 e. The summed E-state index contributed by atoms with van der Waals surface area (Å²) in [6.07, 6.45) is 5.50. The van der Waals surface area contributed by atoms with Crippen LogP contribution in [0.15, 0.2) is 53.3 Å². The van der Waals surface area contributed by atoms with Crippen LogP contribution in [0, 0.1) is 0 Å². The normalized spacial score (nSPS) is 20.7. The number of nitrogens with zero attached hydrogens (tertiary/aromatic N) is 4. The van der Waals surface area contributed by atoms with Gasteiger partial charge < -0.3 is 4.52 Å². The first-order chi connectivity index (χ1) is 13.2. The molecule has 2 aromatic heterocycles. The van der Waals surface area contributed by atoms with Gasteiger partial charge >= 0.3 is 0 Å². The topological polar surface area (TPSA) is 55.1 Å². The van der Waals surface area contributed by atoms with Crippen molar-refractivity contribution in [1.82, 2.24) is 20.0 Å². The first-order valence-corrected chi connectivity index (χ1v) is 9.40. The molecule has 3 heterocycles. The molecule has 1 aliphatic heterocycles. The van der Waals surface area contributed by atoms with Gasteiger partial charge in [-0.25, -0.2) is 4.39 Å². The lowest BCUT2D eigenvalue weighted by Crippen LogP contribution is -2.43. The molecule has 0 spiro atoms. The predicted octanol–water partition coefficient (Wildman–Crippen LogP) is 4.15. The van der Waals surface area contributed by atoms with Crippen LogP contribution < -0.4 is 0 Å². The highest BCUT2D eigenvalue weighted by Gasteiger charge is 2.42. The minimum Gasteiger partial charge on any atom is -0.335 e. The number of rotatable bonds is 5. The number of aryl methyl sites for hydroxylation is 1. The highest BCUT2D eigenvalue weighted by Crippen LogP contribution is 2.36. The van der Waals surface area contributed by atoms with Gasteiger partial charge in [-0.3, -0.25) is 9.88 Å². The smallest absolute Gasteiger partial charge is 0.265 e. The van der Waals surface area contributed by atoms with Crippen LogP contribution in [0.1, 0.15) is 36.8 Å². The van der Waals surface area contributed by atoms with E-state index in [9.17, 15) is 0 Å². The number of aromatic nitrogens is 3. The average molecular weight is 366 g/mol. The molecule has 1 atom stereocenters. The van der Waals surface area contributed by atoms with Crippen LogP contribution in [0.2, 0.25) is 0 Å². The molecule has 0 amide bonds. The fourth-order valence-electron chi connectivity index (χ4n) is 3.56. The Morgan fingerprint density at radius 2 is 2.00 bits per heavy atom. The van der Waals surface area contributed by atoms with E-state index in [1.165, 1.54) is 11.1 Å². The molecular formula is C21H23FN4O. The van der Waals surface area contributed by atoms with Crippen LogP contribution in [-0.2, 0) is 18.6 Å². The minimum atomic E-state index is -1.62. The number of pyridine rings is 1. The summed E-state index contributed by atoms with van der Waals surface area (Å²) in [4.78, 5) is 10.5. The highest BCUT2D eigenvalue weighted by atomic mass is 19.1. The van der Waals surface area contributed by atoms with Crippen molar-refractivity contribution in [3.05, 3.63) is 65.8 Å². The van der Waals surface area contributed by atoms with Crippen molar-refractivity contribution in [1.29, 1.82) is 0 Å². The zero-order valence-corrected chi connectivity index (χ0v) is 15.4. The molecule has 4 rings (SSSR count). The number of hydrogen-bond donors (Lipinski definition) is 0. The summed E-state index contributed by atoms with van der Waals surface area (Å²) >= 11 is 0. The van der Waals surface area contributed by atoms with Crippen LogP contribution >= 0.6 is 0 Å². The van der Waals surface area contributed by atoms with Gasteiger partial charge in [-0.05, 0) is 49.1 Å². The molecule has 0 saturated carbocycles. The van der Waals surface area contributed by atoms with Crippen molar-refractivity contribution < 1.29 is 8.91 Å². The number of hydrogen-bond acceptors (Lipinski definition) is 5. The van der Waals surface area contributed by atoms with Gasteiger partial charge in [0.05, 0.1) is 0 Å². The van der Waals surface area contributed by atoms with Gasteiger partial charge in [0, 0.05) is 31.0 Å². The van der Waals surface area contributed by atoms with Gasteiger partial charge in [0.25, 0.3) is 5.89 Å². The first kappa shape index (κ1) is 17.8. The lowest BCUT2D eigenvalue weighted by atomic mass is 9.94. The largest absolute Gasteiger partial charge is 0.335 e. The lowest BCUT2D eigenvalue weighted by Gasteiger charge is -2.35. The van der Waals surface area contributed by atoms with E-state index < -0.39 is 5.67 Å². The number of halogens is 1. The van der Waals surface area contributed by atoms with Gasteiger partial charge in [0.2, 0.25) is 11.5 Å². The molecule has 0 N–H and O–H groups in total. The van der Waals surface area contributed by atoms with Gasteiger partial charge in [-0.2, -0.15) is 4.98 Å². The first-order valence-electron chi connectivity index (χ1n) is 9.40. The van der Waals surface area contributed by atoms with Crippen LogP contribution in [0.25, 0.3) is 11.4 Å². The Kier molecular flexibility index (Phi) is 4.99. The Labute approximate surface area is 158 Å². The quantitative estimate of drug-likeness (QED) is 0.679. The van der Waals surface area contributed by atoms with Crippen LogP contribution in [0.3, 0.4) is 0 Å². The van der Waals surface area contributed by atoms with Crippen molar-refractivity contribution in [2.75, 3.05) is 13.1 Å². The Morgan fingerprint density at radius 3 is 2.74 bits per heavy atom. The molecule has 1 fully saturated rings. The summed E-state index contributed by atoms with van der Waals surface area (Å²) < 4.78 is 21.0. The summed E-state index contributed by atoms with van der Waals surface area (Å²) in [7, 11) is 0.